The number of benzene rings is 1. The molecule has 0 heterocycles. The van der Waals surface area contributed by atoms with E-state index in [0.29, 0.717) is 18.5 Å². The number of carbonyl (C=O) groups is 1. The van der Waals surface area contributed by atoms with Crippen LogP contribution in [0.5, 0.6) is 0 Å². The summed E-state index contributed by atoms with van der Waals surface area (Å²) in [5.41, 5.74) is 5.35. The Morgan fingerprint density at radius 3 is 2.89 bits per heavy atom. The first-order valence-electron chi connectivity index (χ1n) is 5.42. The average molecular weight is 253 g/mol. The molecule has 0 saturated heterocycles. The molecule has 1 aromatic carbocycles. The molecule has 0 aliphatic carbocycles. The molecule has 0 radical (unpaired) electrons. The summed E-state index contributed by atoms with van der Waals surface area (Å²) in [5, 5.41) is 23.1. The molecule has 0 aliphatic rings. The number of hydrogen-bond donors (Lipinski definition) is 3. The lowest BCUT2D eigenvalue weighted by Gasteiger charge is -2.10. The van der Waals surface area contributed by atoms with Gasteiger partial charge in [-0.3, -0.25) is 14.9 Å². The Hall–Kier alpha value is -1.99. The first kappa shape index (κ1) is 14.1. The van der Waals surface area contributed by atoms with Crippen LogP contribution in [-0.2, 0) is 4.79 Å². The molecule has 1 unspecified atom stereocenters. The highest BCUT2D eigenvalue weighted by Crippen LogP contribution is 2.20. The Morgan fingerprint density at radius 1 is 1.56 bits per heavy atom. The highest BCUT2D eigenvalue weighted by molar-refractivity contribution is 5.75. The van der Waals surface area contributed by atoms with Gasteiger partial charge >= 0.3 is 0 Å². The lowest BCUT2D eigenvalue weighted by molar-refractivity contribution is -0.385. The molecule has 4 N–H and O–H groups in total. The molecule has 1 rings (SSSR count). The maximum atomic E-state index is 10.6. The Balaban J connectivity index is 2.50. The van der Waals surface area contributed by atoms with Crippen LogP contribution in [0.2, 0.25) is 0 Å². The molecule has 0 bridgehead atoms. The van der Waals surface area contributed by atoms with E-state index in [4.69, 9.17) is 5.73 Å². The number of nitrogens with two attached hydrogens (primary N) is 1. The van der Waals surface area contributed by atoms with Crippen LogP contribution in [0.3, 0.4) is 0 Å². The van der Waals surface area contributed by atoms with E-state index in [9.17, 15) is 20.0 Å². The predicted octanol–water partition coefficient (Wildman–Crippen LogP) is 0.0932. The number of hydrogen-bond acceptors (Lipinski definition) is 5. The molecular weight excluding hydrogens is 238 g/mol. The third-order valence-electron chi connectivity index (χ3n) is 2.36. The van der Waals surface area contributed by atoms with Crippen molar-refractivity contribution >= 4 is 11.6 Å². The summed E-state index contributed by atoms with van der Waals surface area (Å²) < 4.78 is 0. The number of nitrogens with one attached hydrogen (secondary N) is 1. The van der Waals surface area contributed by atoms with E-state index >= 15 is 0 Å². The van der Waals surface area contributed by atoms with E-state index in [1.807, 2.05) is 0 Å². The number of carbonyl (C=O) groups excluding carboxylic acids is 1. The Labute approximate surface area is 104 Å². The van der Waals surface area contributed by atoms with Crippen molar-refractivity contribution in [1.29, 1.82) is 0 Å². The van der Waals surface area contributed by atoms with E-state index in [1.165, 1.54) is 18.2 Å². The number of nitro benzene ring substituents is 1. The van der Waals surface area contributed by atoms with Gasteiger partial charge in [0.1, 0.15) is 0 Å². The van der Waals surface area contributed by atoms with Gasteiger partial charge in [-0.1, -0.05) is 12.1 Å². The standard InChI is InChI=1S/C11H15N3O4/c12-11(16)7-13-5-4-10(15)8-2-1-3-9(6-8)14(17)18/h1-3,6,10,13,15H,4-5,7H2,(H2,12,16). The van der Waals surface area contributed by atoms with E-state index in [-0.39, 0.29) is 12.2 Å². The number of amides is 1. The van der Waals surface area contributed by atoms with Gasteiger partial charge < -0.3 is 16.2 Å². The SMILES string of the molecule is NC(=O)CNCCC(O)c1cccc([N+](=O)[O-])c1. The van der Waals surface area contributed by atoms with Gasteiger partial charge in [0.15, 0.2) is 0 Å². The second-order valence-corrected chi connectivity index (χ2v) is 3.80. The monoisotopic (exact) mass is 253 g/mol. The Bertz CT molecular complexity index is 436. The summed E-state index contributed by atoms with van der Waals surface area (Å²) in [6.45, 7) is 0.439. The van der Waals surface area contributed by atoms with Crippen molar-refractivity contribution in [3.05, 3.63) is 39.9 Å². The number of nitro groups is 1. The summed E-state index contributed by atoms with van der Waals surface area (Å²) in [4.78, 5) is 20.5. The molecule has 18 heavy (non-hydrogen) atoms. The zero-order valence-electron chi connectivity index (χ0n) is 9.70. The number of rotatable bonds is 7. The summed E-state index contributed by atoms with van der Waals surface area (Å²) in [6, 6.07) is 5.83. The Kier molecular flexibility index (Phi) is 5.22. The lowest BCUT2D eigenvalue weighted by atomic mass is 10.1. The lowest BCUT2D eigenvalue weighted by Crippen LogP contribution is -2.29. The van der Waals surface area contributed by atoms with Crippen LogP contribution < -0.4 is 11.1 Å². The number of primary amides is 1. The number of aliphatic hydroxyl groups excluding tert-OH is 1. The number of nitrogens with zero attached hydrogens (tertiary/aromatic N) is 1. The van der Waals surface area contributed by atoms with Gasteiger partial charge in [0, 0.05) is 12.1 Å². The van der Waals surface area contributed by atoms with E-state index in [2.05, 4.69) is 5.32 Å². The van der Waals surface area contributed by atoms with Gasteiger partial charge in [0.25, 0.3) is 5.69 Å². The molecule has 7 nitrogen and oxygen atoms in total. The number of non-ortho nitro benzene ring substituents is 1. The van der Waals surface area contributed by atoms with Crippen LogP contribution in [0.15, 0.2) is 24.3 Å². The first-order valence-corrected chi connectivity index (χ1v) is 5.42. The molecule has 0 fully saturated rings. The molecule has 7 heteroatoms. The van der Waals surface area contributed by atoms with Crippen molar-refractivity contribution in [1.82, 2.24) is 5.32 Å². The molecule has 1 atom stereocenters. The van der Waals surface area contributed by atoms with Crippen LogP contribution in [0, 0.1) is 10.1 Å². The van der Waals surface area contributed by atoms with E-state index in [0.717, 1.165) is 0 Å². The molecule has 1 amide bonds. The Morgan fingerprint density at radius 2 is 2.28 bits per heavy atom. The maximum Gasteiger partial charge on any atom is 0.269 e. The smallest absolute Gasteiger partial charge is 0.269 e. The highest BCUT2D eigenvalue weighted by Gasteiger charge is 2.12. The fourth-order valence-electron chi connectivity index (χ4n) is 1.46. The minimum atomic E-state index is -0.815. The molecule has 0 spiro atoms. The van der Waals surface area contributed by atoms with Gasteiger partial charge in [-0.25, -0.2) is 0 Å². The summed E-state index contributed by atoms with van der Waals surface area (Å²) in [5.74, 6) is -0.472. The molecular formula is C11H15N3O4. The molecule has 0 aliphatic heterocycles. The predicted molar refractivity (Wildman–Crippen MR) is 64.7 cm³/mol. The zero-order chi connectivity index (χ0) is 13.5. The number of aliphatic hydroxyl groups is 1. The van der Waals surface area contributed by atoms with Crippen molar-refractivity contribution in [2.45, 2.75) is 12.5 Å². The molecule has 0 aromatic heterocycles. The van der Waals surface area contributed by atoms with Gasteiger partial charge in [0.2, 0.25) is 5.91 Å². The zero-order valence-corrected chi connectivity index (χ0v) is 9.70. The summed E-state index contributed by atoms with van der Waals surface area (Å²) in [6.07, 6.45) is -0.473. The minimum Gasteiger partial charge on any atom is -0.388 e. The average Bonchev–Trinajstić information content (AvgIpc) is 2.34. The van der Waals surface area contributed by atoms with E-state index in [1.54, 1.807) is 6.07 Å². The maximum absolute atomic E-state index is 10.6. The normalized spacial score (nSPS) is 12.1. The van der Waals surface area contributed by atoms with Gasteiger partial charge in [-0.05, 0) is 18.5 Å². The minimum absolute atomic E-state index is 0.0433. The fourth-order valence-corrected chi connectivity index (χ4v) is 1.46. The second-order valence-electron chi connectivity index (χ2n) is 3.80. The first-order chi connectivity index (χ1) is 8.50. The van der Waals surface area contributed by atoms with Crippen LogP contribution in [0.1, 0.15) is 18.1 Å². The molecule has 1 aromatic rings. The third-order valence-corrected chi connectivity index (χ3v) is 2.36. The highest BCUT2D eigenvalue weighted by atomic mass is 16.6. The molecule has 0 saturated carbocycles. The molecule has 98 valence electrons. The third kappa shape index (κ3) is 4.48. The second kappa shape index (κ2) is 6.67. The van der Waals surface area contributed by atoms with E-state index < -0.39 is 16.9 Å². The topological polar surface area (TPSA) is 118 Å². The van der Waals surface area contributed by atoms with Crippen molar-refractivity contribution in [3.63, 3.8) is 0 Å². The van der Waals surface area contributed by atoms with Crippen molar-refractivity contribution in [2.75, 3.05) is 13.1 Å². The van der Waals surface area contributed by atoms with Crippen molar-refractivity contribution in [3.8, 4) is 0 Å². The van der Waals surface area contributed by atoms with Crippen molar-refractivity contribution < 1.29 is 14.8 Å². The van der Waals surface area contributed by atoms with Gasteiger partial charge in [-0.2, -0.15) is 0 Å². The quantitative estimate of drug-likeness (QED) is 0.361. The summed E-state index contributed by atoms with van der Waals surface area (Å²) in [7, 11) is 0. The van der Waals surface area contributed by atoms with Crippen LogP contribution >= 0.6 is 0 Å². The van der Waals surface area contributed by atoms with Gasteiger partial charge in [-0.15, -0.1) is 0 Å². The summed E-state index contributed by atoms with van der Waals surface area (Å²) >= 11 is 0. The largest absolute Gasteiger partial charge is 0.388 e. The van der Waals surface area contributed by atoms with Crippen LogP contribution in [0.25, 0.3) is 0 Å². The van der Waals surface area contributed by atoms with Crippen molar-refractivity contribution in [2.24, 2.45) is 5.73 Å². The van der Waals surface area contributed by atoms with Crippen LogP contribution in [-0.4, -0.2) is 29.0 Å². The fraction of sp³-hybridized carbons (Fsp3) is 0.364. The van der Waals surface area contributed by atoms with Gasteiger partial charge in [0.05, 0.1) is 17.6 Å². The van der Waals surface area contributed by atoms with Crippen LogP contribution in [0.4, 0.5) is 5.69 Å².